The summed E-state index contributed by atoms with van der Waals surface area (Å²) in [4.78, 5) is 26.4. The number of benzene rings is 1. The third kappa shape index (κ3) is 2.20. The fourth-order valence-electron chi connectivity index (χ4n) is 2.99. The number of nitro benzene ring substituents is 1. The number of rotatable bonds is 4. The summed E-state index contributed by atoms with van der Waals surface area (Å²) < 4.78 is 0. The largest absolute Gasteiger partial charge is 0.481 e. The quantitative estimate of drug-likeness (QED) is 0.487. The number of aromatic amines is 1. The number of carboxylic acids is 1. The van der Waals surface area contributed by atoms with Gasteiger partial charge in [-0.1, -0.05) is 0 Å². The highest BCUT2D eigenvalue weighted by Gasteiger charge is 2.53. The number of pyridine rings is 1. The van der Waals surface area contributed by atoms with Crippen LogP contribution in [-0.2, 0) is 10.2 Å². The van der Waals surface area contributed by atoms with Gasteiger partial charge in [-0.2, -0.15) is 5.10 Å². The Morgan fingerprint density at radius 3 is 2.56 bits per heavy atom. The molecule has 3 aromatic rings. The highest BCUT2D eigenvalue weighted by Crippen LogP contribution is 2.49. The van der Waals surface area contributed by atoms with Crippen molar-refractivity contribution >= 4 is 28.5 Å². The fraction of sp³-hybridized carbons (Fsp3) is 0.188. The molecular formula is C16H13N5O4. The van der Waals surface area contributed by atoms with Gasteiger partial charge in [-0.15, -0.1) is 0 Å². The zero-order valence-corrected chi connectivity index (χ0v) is 12.9. The number of carboxylic acid groups (broad SMARTS) is 1. The summed E-state index contributed by atoms with van der Waals surface area (Å²) in [7, 11) is 0. The van der Waals surface area contributed by atoms with E-state index < -0.39 is 16.3 Å². The van der Waals surface area contributed by atoms with Gasteiger partial charge in [0, 0.05) is 12.1 Å². The Hall–Kier alpha value is -3.49. The molecule has 0 saturated heterocycles. The van der Waals surface area contributed by atoms with E-state index in [1.807, 2.05) is 0 Å². The van der Waals surface area contributed by atoms with Crippen LogP contribution in [0.25, 0.3) is 22.2 Å². The molecule has 0 radical (unpaired) electrons. The van der Waals surface area contributed by atoms with Crippen LogP contribution < -0.4 is 5.73 Å². The number of aromatic nitrogens is 3. The highest BCUT2D eigenvalue weighted by atomic mass is 16.6. The second-order valence-corrected chi connectivity index (χ2v) is 6.08. The summed E-state index contributed by atoms with van der Waals surface area (Å²) >= 11 is 0. The number of hydrogen-bond acceptors (Lipinski definition) is 6. The maximum atomic E-state index is 11.6. The van der Waals surface area contributed by atoms with Gasteiger partial charge in [-0.05, 0) is 42.2 Å². The first kappa shape index (κ1) is 15.1. The lowest BCUT2D eigenvalue weighted by atomic mass is 9.96. The first-order chi connectivity index (χ1) is 11.9. The van der Waals surface area contributed by atoms with Crippen molar-refractivity contribution in [1.29, 1.82) is 0 Å². The average Bonchev–Trinajstić information content (AvgIpc) is 3.34. The van der Waals surface area contributed by atoms with Crippen LogP contribution in [0.5, 0.6) is 0 Å². The number of hydrogen-bond donors (Lipinski definition) is 3. The van der Waals surface area contributed by atoms with E-state index in [1.165, 1.54) is 12.1 Å². The van der Waals surface area contributed by atoms with Crippen molar-refractivity contribution in [3.63, 3.8) is 0 Å². The van der Waals surface area contributed by atoms with E-state index in [9.17, 15) is 20.0 Å². The molecule has 4 rings (SSSR count). The average molecular weight is 339 g/mol. The van der Waals surface area contributed by atoms with Gasteiger partial charge in [0.05, 0.1) is 16.0 Å². The molecule has 1 aromatic carbocycles. The van der Waals surface area contributed by atoms with E-state index >= 15 is 0 Å². The van der Waals surface area contributed by atoms with Crippen molar-refractivity contribution in [1.82, 2.24) is 15.2 Å². The van der Waals surface area contributed by atoms with Crippen molar-refractivity contribution in [3.8, 4) is 11.1 Å². The molecule has 0 aliphatic heterocycles. The minimum atomic E-state index is -0.989. The fourth-order valence-corrected chi connectivity index (χ4v) is 2.99. The summed E-state index contributed by atoms with van der Waals surface area (Å²) in [6.07, 6.45) is 1.03. The molecule has 9 nitrogen and oxygen atoms in total. The monoisotopic (exact) mass is 339 g/mol. The van der Waals surface area contributed by atoms with Gasteiger partial charge in [0.2, 0.25) is 0 Å². The number of aliphatic carboxylic acids is 1. The molecule has 1 aliphatic carbocycles. The number of nitrogen functional groups attached to an aromatic ring is 1. The summed E-state index contributed by atoms with van der Waals surface area (Å²) in [5.41, 5.74) is 7.00. The van der Waals surface area contributed by atoms with E-state index in [4.69, 9.17) is 5.73 Å². The van der Waals surface area contributed by atoms with Crippen LogP contribution in [0, 0.1) is 10.1 Å². The van der Waals surface area contributed by atoms with Gasteiger partial charge in [-0.3, -0.25) is 20.0 Å². The van der Waals surface area contributed by atoms with Crippen molar-refractivity contribution in [3.05, 3.63) is 46.1 Å². The van der Waals surface area contributed by atoms with Crippen molar-refractivity contribution in [2.45, 2.75) is 18.3 Å². The number of anilines is 1. The van der Waals surface area contributed by atoms with E-state index in [0.29, 0.717) is 46.5 Å². The van der Waals surface area contributed by atoms with Crippen molar-refractivity contribution < 1.29 is 14.8 Å². The van der Waals surface area contributed by atoms with Gasteiger partial charge < -0.3 is 10.8 Å². The predicted octanol–water partition coefficient (Wildman–Crippen LogP) is 2.23. The maximum absolute atomic E-state index is 11.6. The predicted molar refractivity (Wildman–Crippen MR) is 88.9 cm³/mol. The summed E-state index contributed by atoms with van der Waals surface area (Å²) in [6.45, 7) is 0. The van der Waals surface area contributed by atoms with Crippen LogP contribution >= 0.6 is 0 Å². The first-order valence-electron chi connectivity index (χ1n) is 7.56. The number of carbonyl (C=O) groups is 1. The number of nitrogens with zero attached hydrogens (tertiary/aromatic N) is 3. The van der Waals surface area contributed by atoms with E-state index in [2.05, 4.69) is 15.2 Å². The highest BCUT2D eigenvalue weighted by molar-refractivity contribution is 6.01. The van der Waals surface area contributed by atoms with Crippen LogP contribution in [0.3, 0.4) is 0 Å². The molecule has 0 spiro atoms. The Kier molecular flexibility index (Phi) is 3.01. The number of nitro groups is 1. The number of fused-ring (bicyclic) bond motifs is 1. The standard InChI is InChI=1S/C16H13N5O4/c17-13-12-10(8-1-3-9(4-2-8)21(24)25)7-11(18-14(12)20-19-13)16(5-6-16)15(22)23/h1-4,7H,5-6H2,(H,22,23)(H3,17,18,19,20). The van der Waals surface area contributed by atoms with E-state index in [0.717, 1.165) is 0 Å². The Morgan fingerprint density at radius 1 is 1.32 bits per heavy atom. The zero-order valence-electron chi connectivity index (χ0n) is 12.9. The molecule has 0 unspecified atom stereocenters. The lowest BCUT2D eigenvalue weighted by molar-refractivity contribution is -0.384. The molecule has 25 heavy (non-hydrogen) atoms. The zero-order chi connectivity index (χ0) is 17.8. The van der Waals surface area contributed by atoms with Crippen LogP contribution in [0.15, 0.2) is 30.3 Å². The number of non-ortho nitro benzene ring substituents is 1. The molecule has 1 aliphatic rings. The molecule has 1 fully saturated rings. The third-order valence-corrected chi connectivity index (χ3v) is 4.59. The van der Waals surface area contributed by atoms with Gasteiger partial charge in [0.1, 0.15) is 11.2 Å². The second-order valence-electron chi connectivity index (χ2n) is 6.08. The van der Waals surface area contributed by atoms with Gasteiger partial charge in [0.15, 0.2) is 5.65 Å². The van der Waals surface area contributed by atoms with E-state index in [1.54, 1.807) is 18.2 Å². The lowest BCUT2D eigenvalue weighted by Gasteiger charge is -2.12. The molecule has 126 valence electrons. The SMILES string of the molecule is Nc1[nH]nc2nc(C3(C(=O)O)CC3)cc(-c3ccc([N+](=O)[O-])cc3)c12. The minimum absolute atomic E-state index is 0.0290. The lowest BCUT2D eigenvalue weighted by Crippen LogP contribution is -2.21. The van der Waals surface area contributed by atoms with Crippen molar-refractivity contribution in [2.24, 2.45) is 0 Å². The molecule has 0 atom stereocenters. The molecule has 4 N–H and O–H groups in total. The van der Waals surface area contributed by atoms with Crippen molar-refractivity contribution in [2.75, 3.05) is 5.73 Å². The Bertz CT molecular complexity index is 1020. The summed E-state index contributed by atoms with van der Waals surface area (Å²) in [5, 5.41) is 27.6. The number of nitrogens with two attached hydrogens (primary N) is 1. The maximum Gasteiger partial charge on any atom is 0.315 e. The van der Waals surface area contributed by atoms with Crippen LogP contribution in [-0.4, -0.2) is 31.2 Å². The van der Waals surface area contributed by atoms with Gasteiger partial charge in [0.25, 0.3) is 5.69 Å². The molecule has 9 heteroatoms. The molecule has 2 aromatic heterocycles. The number of H-pyrrole nitrogens is 1. The van der Waals surface area contributed by atoms with Gasteiger partial charge in [-0.25, -0.2) is 4.98 Å². The van der Waals surface area contributed by atoms with E-state index in [-0.39, 0.29) is 5.69 Å². The second kappa shape index (κ2) is 5.00. The molecule has 1 saturated carbocycles. The molecular weight excluding hydrogens is 326 g/mol. The Balaban J connectivity index is 1.94. The minimum Gasteiger partial charge on any atom is -0.481 e. The molecule has 0 amide bonds. The normalized spacial score (nSPS) is 15.2. The van der Waals surface area contributed by atoms with Crippen LogP contribution in [0.1, 0.15) is 18.5 Å². The number of nitrogens with one attached hydrogen (secondary N) is 1. The Morgan fingerprint density at radius 2 is 2.00 bits per heavy atom. The third-order valence-electron chi connectivity index (χ3n) is 4.59. The van der Waals surface area contributed by atoms with Gasteiger partial charge >= 0.3 is 5.97 Å². The smallest absolute Gasteiger partial charge is 0.315 e. The summed E-state index contributed by atoms with van der Waals surface area (Å²) in [5.74, 6) is -0.611. The van der Waals surface area contributed by atoms with Crippen LogP contribution in [0.4, 0.5) is 11.5 Å². The topological polar surface area (TPSA) is 148 Å². The molecule has 2 heterocycles. The first-order valence-corrected chi connectivity index (χ1v) is 7.56. The molecule has 0 bridgehead atoms. The Labute approximate surface area is 140 Å². The summed E-state index contributed by atoms with van der Waals surface area (Å²) in [6, 6.07) is 7.67. The van der Waals surface area contributed by atoms with Crippen LogP contribution in [0.2, 0.25) is 0 Å².